The number of benzene rings is 1. The third kappa shape index (κ3) is 2.16. The maximum Gasteiger partial charge on any atom is 0.432 e. The minimum Gasteiger partial charge on any atom is -0.323 e. The van der Waals surface area contributed by atoms with E-state index in [2.05, 4.69) is 14.2 Å². The molecular weight excluding hydrogens is 234 g/mol. The number of nitrogens with one attached hydrogen (secondary N) is 1. The number of aromatic nitrogens is 1. The molecule has 0 aliphatic heterocycles. The highest BCUT2D eigenvalue weighted by atomic mass is 32.3. The maximum absolute atomic E-state index is 10.3. The quantitative estimate of drug-likeness (QED) is 0.485. The van der Waals surface area contributed by atoms with E-state index in [0.29, 0.717) is 5.56 Å². The Labute approximate surface area is 91.7 Å². The fraction of sp³-hybridized carbons (Fsp3) is 0.111. The lowest BCUT2D eigenvalue weighted by Crippen LogP contribution is -2.07. The van der Waals surface area contributed by atoms with Crippen LogP contribution in [0.3, 0.4) is 0 Å². The van der Waals surface area contributed by atoms with Crippen molar-refractivity contribution in [3.8, 4) is 5.88 Å². The monoisotopic (exact) mass is 243 g/mol. The Morgan fingerprint density at radius 2 is 2.00 bits per heavy atom. The summed E-state index contributed by atoms with van der Waals surface area (Å²) >= 11 is 0. The zero-order valence-electron chi connectivity index (χ0n) is 8.30. The van der Waals surface area contributed by atoms with E-state index >= 15 is 0 Å². The van der Waals surface area contributed by atoms with E-state index in [1.54, 1.807) is 6.92 Å². The standard InChI is InChI=1S/C9H9NO5S/c1-6-7-4-2-3-5-8(7)10-9(6)14-15-16(11,12)13/h2-5,10H,1H3,(H,11,12,13). The molecule has 0 fully saturated rings. The lowest BCUT2D eigenvalue weighted by molar-refractivity contribution is -0.106. The highest BCUT2D eigenvalue weighted by Crippen LogP contribution is 2.26. The number of aryl methyl sites for hydroxylation is 1. The van der Waals surface area contributed by atoms with Gasteiger partial charge in [0, 0.05) is 16.5 Å². The van der Waals surface area contributed by atoms with Crippen LogP contribution < -0.4 is 4.89 Å². The summed E-state index contributed by atoms with van der Waals surface area (Å²) in [6.45, 7) is 1.74. The Morgan fingerprint density at radius 1 is 1.31 bits per heavy atom. The second-order valence-corrected chi connectivity index (χ2v) is 4.20. The number of hydrogen-bond acceptors (Lipinski definition) is 4. The van der Waals surface area contributed by atoms with E-state index in [4.69, 9.17) is 4.55 Å². The molecular formula is C9H9NO5S. The smallest absolute Gasteiger partial charge is 0.323 e. The van der Waals surface area contributed by atoms with Gasteiger partial charge in [-0.3, -0.25) is 4.55 Å². The molecule has 16 heavy (non-hydrogen) atoms. The molecule has 1 aromatic heterocycles. The molecule has 2 aromatic rings. The van der Waals surface area contributed by atoms with Crippen LogP contribution in [0.15, 0.2) is 24.3 Å². The predicted octanol–water partition coefficient (Wildman–Crippen LogP) is 1.59. The van der Waals surface area contributed by atoms with Crippen molar-refractivity contribution in [1.29, 1.82) is 0 Å². The summed E-state index contributed by atoms with van der Waals surface area (Å²) in [5.41, 5.74) is 1.48. The third-order valence-corrected chi connectivity index (χ3v) is 2.36. The van der Waals surface area contributed by atoms with Crippen LogP contribution in [-0.2, 0) is 14.7 Å². The molecule has 0 saturated carbocycles. The average Bonchev–Trinajstić information content (AvgIpc) is 2.53. The predicted molar refractivity (Wildman–Crippen MR) is 56.3 cm³/mol. The van der Waals surface area contributed by atoms with E-state index < -0.39 is 10.4 Å². The van der Waals surface area contributed by atoms with Crippen molar-refractivity contribution in [2.24, 2.45) is 0 Å². The van der Waals surface area contributed by atoms with E-state index in [1.165, 1.54) is 0 Å². The summed E-state index contributed by atoms with van der Waals surface area (Å²) in [5, 5.41) is 0.886. The minimum absolute atomic E-state index is 0.138. The van der Waals surface area contributed by atoms with Gasteiger partial charge < -0.3 is 9.87 Å². The summed E-state index contributed by atoms with van der Waals surface area (Å²) in [4.78, 5) is 7.31. The number of rotatable bonds is 3. The SMILES string of the molecule is Cc1c(OOS(=O)(=O)O)[nH]c2ccccc12. The first-order valence-corrected chi connectivity index (χ1v) is 5.75. The van der Waals surface area contributed by atoms with Crippen LogP contribution in [0.25, 0.3) is 10.9 Å². The summed E-state index contributed by atoms with van der Waals surface area (Å²) in [5.74, 6) is 0.138. The van der Waals surface area contributed by atoms with Gasteiger partial charge in [0.25, 0.3) is 0 Å². The average molecular weight is 243 g/mol. The largest absolute Gasteiger partial charge is 0.432 e. The number of H-pyrrole nitrogens is 1. The molecule has 0 atom stereocenters. The zero-order chi connectivity index (χ0) is 11.8. The highest BCUT2D eigenvalue weighted by Gasteiger charge is 2.13. The van der Waals surface area contributed by atoms with Crippen LogP contribution >= 0.6 is 0 Å². The number of para-hydroxylation sites is 1. The Morgan fingerprint density at radius 3 is 2.62 bits per heavy atom. The molecule has 0 amide bonds. The summed E-state index contributed by atoms with van der Waals surface area (Å²) in [6.07, 6.45) is 0. The molecule has 0 saturated heterocycles. The Hall–Kier alpha value is -1.57. The molecule has 0 aliphatic rings. The topological polar surface area (TPSA) is 88.6 Å². The molecule has 7 heteroatoms. The fourth-order valence-electron chi connectivity index (χ4n) is 1.42. The van der Waals surface area contributed by atoms with Gasteiger partial charge >= 0.3 is 10.4 Å². The van der Waals surface area contributed by atoms with Crippen molar-refractivity contribution in [3.63, 3.8) is 0 Å². The van der Waals surface area contributed by atoms with Gasteiger partial charge in [-0.2, -0.15) is 8.42 Å². The van der Waals surface area contributed by atoms with Gasteiger partial charge in [0.1, 0.15) is 0 Å². The number of fused-ring (bicyclic) bond motifs is 1. The molecule has 2 rings (SSSR count). The normalized spacial score (nSPS) is 11.9. The van der Waals surface area contributed by atoms with E-state index in [1.807, 2.05) is 24.3 Å². The van der Waals surface area contributed by atoms with Crippen molar-refractivity contribution in [2.45, 2.75) is 6.92 Å². The Kier molecular flexibility index (Phi) is 2.58. The molecule has 6 nitrogen and oxygen atoms in total. The number of aromatic amines is 1. The van der Waals surface area contributed by atoms with Gasteiger partial charge in [0.2, 0.25) is 5.88 Å². The molecule has 0 unspecified atom stereocenters. The van der Waals surface area contributed by atoms with Crippen LogP contribution in [0.2, 0.25) is 0 Å². The van der Waals surface area contributed by atoms with Crippen LogP contribution in [0.4, 0.5) is 0 Å². The second-order valence-electron chi connectivity index (χ2n) is 3.20. The van der Waals surface area contributed by atoms with Gasteiger partial charge in [0.05, 0.1) is 0 Å². The van der Waals surface area contributed by atoms with E-state index in [0.717, 1.165) is 10.9 Å². The highest BCUT2D eigenvalue weighted by molar-refractivity contribution is 7.80. The van der Waals surface area contributed by atoms with Crippen molar-refractivity contribution < 1.29 is 22.2 Å². The second kappa shape index (κ2) is 3.78. The Bertz CT molecular complexity index is 616. The Balaban J connectivity index is 2.35. The maximum atomic E-state index is 10.3. The van der Waals surface area contributed by atoms with Gasteiger partial charge in [-0.05, 0) is 17.3 Å². The first-order valence-electron chi connectivity index (χ1n) is 4.38. The van der Waals surface area contributed by atoms with E-state index in [-0.39, 0.29) is 5.88 Å². The molecule has 2 N–H and O–H groups in total. The van der Waals surface area contributed by atoms with E-state index in [9.17, 15) is 8.42 Å². The fourth-order valence-corrected chi connectivity index (χ4v) is 1.57. The van der Waals surface area contributed by atoms with Gasteiger partial charge in [-0.25, -0.2) is 0 Å². The molecule has 0 bridgehead atoms. The van der Waals surface area contributed by atoms with Crippen LogP contribution in [0.5, 0.6) is 5.88 Å². The van der Waals surface area contributed by atoms with Crippen molar-refractivity contribution >= 4 is 21.3 Å². The summed E-state index contributed by atoms with van der Waals surface area (Å²) < 4.78 is 32.8. The van der Waals surface area contributed by atoms with Crippen LogP contribution in [0, 0.1) is 6.92 Å². The van der Waals surface area contributed by atoms with Gasteiger partial charge in [0.15, 0.2) is 0 Å². The summed E-state index contributed by atoms with van der Waals surface area (Å²) in [7, 11) is -4.62. The molecule has 0 spiro atoms. The molecule has 0 aliphatic carbocycles. The molecule has 86 valence electrons. The van der Waals surface area contributed by atoms with Crippen molar-refractivity contribution in [1.82, 2.24) is 4.98 Å². The van der Waals surface area contributed by atoms with Gasteiger partial charge in [-0.1, -0.05) is 18.2 Å². The number of hydrogen-bond donors (Lipinski definition) is 2. The summed E-state index contributed by atoms with van der Waals surface area (Å²) in [6, 6.07) is 7.33. The first-order chi connectivity index (χ1) is 7.47. The van der Waals surface area contributed by atoms with Crippen LogP contribution in [0.1, 0.15) is 5.56 Å². The molecule has 0 radical (unpaired) electrons. The molecule has 1 heterocycles. The van der Waals surface area contributed by atoms with Crippen LogP contribution in [-0.4, -0.2) is 18.0 Å². The lowest BCUT2D eigenvalue weighted by atomic mass is 10.2. The van der Waals surface area contributed by atoms with Gasteiger partial charge in [-0.15, -0.1) is 0 Å². The lowest BCUT2D eigenvalue weighted by Gasteiger charge is -1.98. The molecule has 1 aromatic carbocycles. The zero-order valence-corrected chi connectivity index (χ0v) is 9.11. The minimum atomic E-state index is -4.62. The first kappa shape index (κ1) is 10.9. The van der Waals surface area contributed by atoms with Crippen molar-refractivity contribution in [3.05, 3.63) is 29.8 Å². The van der Waals surface area contributed by atoms with Crippen molar-refractivity contribution in [2.75, 3.05) is 0 Å². The third-order valence-electron chi connectivity index (χ3n) is 2.12.